The summed E-state index contributed by atoms with van der Waals surface area (Å²) >= 11 is 0. The van der Waals surface area contributed by atoms with E-state index in [1.54, 1.807) is 0 Å². The summed E-state index contributed by atoms with van der Waals surface area (Å²) in [5, 5.41) is 21.9. The van der Waals surface area contributed by atoms with Crippen LogP contribution in [0.5, 0.6) is 5.75 Å². The monoisotopic (exact) mass is 509 g/mol. The second kappa shape index (κ2) is 8.23. The topological polar surface area (TPSA) is 181 Å². The number of carbonyl (C=O) groups excluding carboxylic acids is 5. The number of nitrogen functional groups attached to an aromatic ring is 1. The summed E-state index contributed by atoms with van der Waals surface area (Å²) in [4.78, 5) is 66.5. The van der Waals surface area contributed by atoms with Gasteiger partial charge in [-0.05, 0) is 44.5 Å². The molecule has 36 heavy (non-hydrogen) atoms. The van der Waals surface area contributed by atoms with Gasteiger partial charge in [0.25, 0.3) is 0 Å². The fraction of sp³-hybridized carbons (Fsp3) is 0.435. The van der Waals surface area contributed by atoms with Crippen molar-refractivity contribution >= 4 is 40.6 Å². The van der Waals surface area contributed by atoms with Crippen LogP contribution in [0.2, 0.25) is 0 Å². The lowest BCUT2D eigenvalue weighted by Gasteiger charge is -2.52. The van der Waals surface area contributed by atoms with Gasteiger partial charge in [-0.2, -0.15) is 8.78 Å². The molecular weight excluding hydrogens is 487 g/mol. The lowest BCUT2D eigenvalue weighted by molar-refractivity contribution is -0.181. The number of likely N-dealkylation sites (N-methyl/N-ethyl adjacent to an activating group) is 1. The van der Waals surface area contributed by atoms with Crippen LogP contribution in [0, 0.1) is 23.7 Å². The van der Waals surface area contributed by atoms with E-state index in [2.05, 4.69) is 0 Å². The van der Waals surface area contributed by atoms with Crippen molar-refractivity contribution in [1.82, 2.24) is 4.90 Å². The first-order chi connectivity index (χ1) is 16.7. The van der Waals surface area contributed by atoms with Crippen LogP contribution in [-0.4, -0.2) is 69.9 Å². The van der Waals surface area contributed by atoms with Gasteiger partial charge in [0.05, 0.1) is 23.2 Å². The summed E-state index contributed by atoms with van der Waals surface area (Å²) in [6.07, 6.45) is -3.38. The second-order valence-corrected chi connectivity index (χ2v) is 9.58. The molecule has 3 aliphatic carbocycles. The third kappa shape index (κ3) is 3.22. The third-order valence-electron chi connectivity index (χ3n) is 7.49. The first kappa shape index (κ1) is 25.5. The molecule has 13 heteroatoms. The highest BCUT2D eigenvalue weighted by molar-refractivity contribution is 6.32. The van der Waals surface area contributed by atoms with Crippen LogP contribution < -0.4 is 11.5 Å². The van der Waals surface area contributed by atoms with E-state index in [1.165, 1.54) is 19.0 Å². The first-order valence-corrected chi connectivity index (χ1v) is 10.9. The Hall–Kier alpha value is -3.58. The van der Waals surface area contributed by atoms with E-state index < -0.39 is 98.8 Å². The van der Waals surface area contributed by atoms with Gasteiger partial charge in [0, 0.05) is 11.5 Å². The van der Waals surface area contributed by atoms with E-state index in [-0.39, 0.29) is 18.4 Å². The molecule has 10 nitrogen and oxygen atoms in total. The standard InChI is InChI=1S/C23H22F3N3O7/c1-29(2)15-9-4-6-3-7-8(14(24)21(25)26)5-10(27)16(30)12(7)17(31)11(6)19(33)23(9,36)20(34)13(18(15)32)22(28)35/h5-6,9,11,13,15,30,36H,3-4,27H2,1-2H3,(H2,28,35)/t6-,9-,11?,13?,15-,23-/m0/s1. The first-order valence-electron chi connectivity index (χ1n) is 10.9. The Balaban J connectivity index is 1.93. The Morgan fingerprint density at radius 1 is 1.14 bits per heavy atom. The Morgan fingerprint density at radius 2 is 1.75 bits per heavy atom. The SMILES string of the molecule is CN(C)[C@@H]1C(=O)C(C(N)=O)C(=O)[C@@]2(O)C(=O)C3C(=O)c4c(O)c(N)cc(C(F)=C(F)F)c4C[C@H]3C[C@@H]12. The smallest absolute Gasteiger partial charge is 0.306 e. The van der Waals surface area contributed by atoms with Crippen molar-refractivity contribution in [1.29, 1.82) is 0 Å². The number of nitrogens with zero attached hydrogens (tertiary/aromatic N) is 1. The van der Waals surface area contributed by atoms with Crippen LogP contribution >= 0.6 is 0 Å². The average molecular weight is 509 g/mol. The number of rotatable bonds is 3. The molecule has 6 N–H and O–H groups in total. The highest BCUT2D eigenvalue weighted by atomic mass is 19.3. The van der Waals surface area contributed by atoms with Crippen molar-refractivity contribution in [2.75, 3.05) is 19.8 Å². The van der Waals surface area contributed by atoms with E-state index in [9.17, 15) is 47.4 Å². The zero-order valence-electron chi connectivity index (χ0n) is 19.0. The minimum atomic E-state index is -2.94. The number of hydrogen-bond donors (Lipinski definition) is 4. The number of aromatic hydroxyl groups is 1. The Morgan fingerprint density at radius 3 is 2.28 bits per heavy atom. The van der Waals surface area contributed by atoms with Crippen LogP contribution in [-0.2, 0) is 25.6 Å². The number of benzene rings is 1. The molecule has 0 aliphatic heterocycles. The number of Topliss-reactive ketones (excluding diaryl/α,β-unsaturated/α-hetero) is 4. The molecule has 3 aliphatic rings. The number of primary amides is 1. The minimum Gasteiger partial charge on any atom is -0.505 e. The number of nitrogens with two attached hydrogens (primary N) is 2. The average Bonchev–Trinajstić information content (AvgIpc) is 2.77. The number of fused-ring (bicyclic) bond motifs is 3. The summed E-state index contributed by atoms with van der Waals surface area (Å²) in [7, 11) is 2.83. The maximum atomic E-state index is 14.3. The van der Waals surface area contributed by atoms with Crippen molar-refractivity contribution < 1.29 is 47.4 Å². The van der Waals surface area contributed by atoms with Gasteiger partial charge in [0.15, 0.2) is 40.5 Å². The molecule has 0 aromatic heterocycles. The van der Waals surface area contributed by atoms with Gasteiger partial charge in [0.2, 0.25) is 5.91 Å². The summed E-state index contributed by atoms with van der Waals surface area (Å²) < 4.78 is 40.6. The zero-order valence-corrected chi connectivity index (χ0v) is 19.0. The number of aliphatic hydroxyl groups is 1. The van der Waals surface area contributed by atoms with Gasteiger partial charge in [-0.3, -0.25) is 28.9 Å². The zero-order chi connectivity index (χ0) is 27.0. The van der Waals surface area contributed by atoms with E-state index in [1.807, 2.05) is 0 Å². The Labute approximate surface area is 201 Å². The number of ketones is 4. The predicted octanol–water partition coefficient (Wildman–Crippen LogP) is -0.0162. The normalized spacial score (nSPS) is 31.6. The largest absolute Gasteiger partial charge is 0.505 e. The number of hydrogen-bond acceptors (Lipinski definition) is 9. The lowest BCUT2D eigenvalue weighted by Crippen LogP contribution is -2.74. The molecule has 0 saturated heterocycles. The number of amides is 1. The third-order valence-corrected chi connectivity index (χ3v) is 7.49. The molecule has 1 aromatic carbocycles. The summed E-state index contributed by atoms with van der Waals surface area (Å²) in [6.45, 7) is 0. The summed E-state index contributed by atoms with van der Waals surface area (Å²) in [5.74, 6) is -15.4. The lowest BCUT2D eigenvalue weighted by atomic mass is 9.52. The van der Waals surface area contributed by atoms with Gasteiger partial charge >= 0.3 is 6.08 Å². The number of carbonyl (C=O) groups is 5. The molecule has 1 aromatic rings. The fourth-order valence-electron chi connectivity index (χ4n) is 5.99. The van der Waals surface area contributed by atoms with Crippen LogP contribution in [0.4, 0.5) is 18.9 Å². The summed E-state index contributed by atoms with van der Waals surface area (Å²) in [5.41, 5.74) is 5.55. The van der Waals surface area contributed by atoms with Gasteiger partial charge in [0.1, 0.15) is 5.75 Å². The van der Waals surface area contributed by atoms with Crippen molar-refractivity contribution in [3.63, 3.8) is 0 Å². The van der Waals surface area contributed by atoms with Crippen molar-refractivity contribution in [3.05, 3.63) is 28.8 Å². The molecule has 2 unspecified atom stereocenters. The fourth-order valence-corrected chi connectivity index (χ4v) is 5.99. The quantitative estimate of drug-likeness (QED) is 0.247. The number of anilines is 1. The van der Waals surface area contributed by atoms with Crippen LogP contribution in [0.15, 0.2) is 12.1 Å². The molecule has 0 spiro atoms. The van der Waals surface area contributed by atoms with Gasteiger partial charge in [-0.25, -0.2) is 4.39 Å². The Kier molecular flexibility index (Phi) is 5.84. The molecule has 6 atom stereocenters. The maximum Gasteiger partial charge on any atom is 0.306 e. The van der Waals surface area contributed by atoms with Crippen LogP contribution in [0.1, 0.15) is 27.9 Å². The highest BCUT2D eigenvalue weighted by Gasteiger charge is 2.69. The van der Waals surface area contributed by atoms with E-state index >= 15 is 0 Å². The molecule has 2 fully saturated rings. The number of halogens is 3. The molecule has 0 radical (unpaired) electrons. The van der Waals surface area contributed by atoms with E-state index in [4.69, 9.17) is 11.5 Å². The number of phenolic OH excluding ortho intramolecular Hbond substituents is 1. The summed E-state index contributed by atoms with van der Waals surface area (Å²) in [6, 6.07) is -0.587. The van der Waals surface area contributed by atoms with Crippen molar-refractivity contribution in [2.24, 2.45) is 29.4 Å². The predicted molar refractivity (Wildman–Crippen MR) is 116 cm³/mol. The highest BCUT2D eigenvalue weighted by Crippen LogP contribution is 2.52. The molecule has 0 bridgehead atoms. The van der Waals surface area contributed by atoms with Crippen LogP contribution in [0.25, 0.3) is 5.83 Å². The van der Waals surface area contributed by atoms with Crippen molar-refractivity contribution in [2.45, 2.75) is 24.5 Å². The Bertz CT molecular complexity index is 1290. The molecule has 4 rings (SSSR count). The molecule has 1 amide bonds. The van der Waals surface area contributed by atoms with Gasteiger partial charge in [-0.1, -0.05) is 0 Å². The number of phenols is 1. The molecule has 0 heterocycles. The maximum absolute atomic E-state index is 14.3. The van der Waals surface area contributed by atoms with Gasteiger partial charge in [-0.15, -0.1) is 0 Å². The molecular formula is C23H22F3N3O7. The molecule has 192 valence electrons. The van der Waals surface area contributed by atoms with Crippen molar-refractivity contribution in [3.8, 4) is 5.75 Å². The molecule has 2 saturated carbocycles. The second-order valence-electron chi connectivity index (χ2n) is 9.58. The minimum absolute atomic E-state index is 0.308. The van der Waals surface area contributed by atoms with E-state index in [0.717, 1.165) is 6.07 Å². The van der Waals surface area contributed by atoms with Crippen LogP contribution in [0.3, 0.4) is 0 Å². The van der Waals surface area contributed by atoms with E-state index in [0.29, 0.717) is 0 Å². The van der Waals surface area contributed by atoms with Gasteiger partial charge < -0.3 is 21.7 Å².